The van der Waals surface area contributed by atoms with Gasteiger partial charge in [-0.25, -0.2) is 8.42 Å². The third kappa shape index (κ3) is 1.60. The van der Waals surface area contributed by atoms with Crippen molar-refractivity contribution in [2.45, 2.75) is 49.8 Å². The van der Waals surface area contributed by atoms with E-state index in [0.29, 0.717) is 12.0 Å². The first kappa shape index (κ1) is 11.7. The van der Waals surface area contributed by atoms with Gasteiger partial charge in [0, 0.05) is 31.2 Å². The Morgan fingerprint density at radius 3 is 2.28 bits per heavy atom. The molecular weight excluding hydrogens is 250 g/mol. The van der Waals surface area contributed by atoms with Gasteiger partial charge in [-0.15, -0.1) is 0 Å². The van der Waals surface area contributed by atoms with Gasteiger partial charge in [0.05, 0.1) is 5.25 Å². The number of hydrogen-bond acceptors (Lipinski definition) is 3. The molecule has 0 aromatic heterocycles. The normalized spacial score (nSPS) is 36.6. The van der Waals surface area contributed by atoms with E-state index >= 15 is 0 Å². The third-order valence-corrected chi connectivity index (χ3v) is 7.56. The first-order chi connectivity index (χ1) is 8.63. The van der Waals surface area contributed by atoms with E-state index < -0.39 is 10.0 Å². The van der Waals surface area contributed by atoms with Gasteiger partial charge in [0.25, 0.3) is 0 Å². The number of nitrogens with zero attached hydrogens (tertiary/aromatic N) is 1. The highest BCUT2D eigenvalue weighted by molar-refractivity contribution is 7.90. The van der Waals surface area contributed by atoms with Gasteiger partial charge in [-0.1, -0.05) is 0 Å². The van der Waals surface area contributed by atoms with Crippen LogP contribution in [-0.2, 0) is 14.8 Å². The van der Waals surface area contributed by atoms with Gasteiger partial charge in [0.2, 0.25) is 10.0 Å². The molecule has 4 fully saturated rings. The summed E-state index contributed by atoms with van der Waals surface area (Å²) >= 11 is 0. The molecule has 0 bridgehead atoms. The molecule has 5 heteroatoms. The second-order valence-electron chi connectivity index (χ2n) is 6.55. The van der Waals surface area contributed by atoms with Crippen molar-refractivity contribution < 1.29 is 13.2 Å². The first-order valence-corrected chi connectivity index (χ1v) is 8.72. The van der Waals surface area contributed by atoms with E-state index in [0.717, 1.165) is 45.4 Å². The van der Waals surface area contributed by atoms with Crippen LogP contribution in [0, 0.1) is 11.3 Å². The molecule has 2 heterocycles. The molecule has 4 nitrogen and oxygen atoms in total. The van der Waals surface area contributed by atoms with Gasteiger partial charge >= 0.3 is 0 Å². The van der Waals surface area contributed by atoms with Crippen molar-refractivity contribution in [2.75, 3.05) is 19.8 Å². The lowest BCUT2D eigenvalue weighted by Gasteiger charge is -2.58. The minimum absolute atomic E-state index is 0.0454. The summed E-state index contributed by atoms with van der Waals surface area (Å²) in [5, 5.41) is -0.0454. The van der Waals surface area contributed by atoms with Crippen LogP contribution in [0.3, 0.4) is 0 Å². The molecule has 0 radical (unpaired) electrons. The average Bonchev–Trinajstić information content (AvgIpc) is 3.18. The van der Waals surface area contributed by atoms with Crippen molar-refractivity contribution in [1.29, 1.82) is 0 Å². The Hall–Kier alpha value is -0.130. The maximum absolute atomic E-state index is 12.4. The van der Waals surface area contributed by atoms with Crippen LogP contribution in [0.4, 0.5) is 0 Å². The van der Waals surface area contributed by atoms with E-state index in [9.17, 15) is 8.42 Å². The predicted molar refractivity (Wildman–Crippen MR) is 67.6 cm³/mol. The summed E-state index contributed by atoms with van der Waals surface area (Å²) in [4.78, 5) is 0. The van der Waals surface area contributed by atoms with Gasteiger partial charge in [0.15, 0.2) is 0 Å². The van der Waals surface area contributed by atoms with Gasteiger partial charge in [-0.3, -0.25) is 0 Å². The average molecular weight is 271 g/mol. The molecular formula is C13H21NO3S. The topological polar surface area (TPSA) is 46.6 Å². The highest BCUT2D eigenvalue weighted by atomic mass is 32.2. The van der Waals surface area contributed by atoms with Crippen LogP contribution < -0.4 is 0 Å². The summed E-state index contributed by atoms with van der Waals surface area (Å²) in [7, 11) is -2.97. The lowest BCUT2D eigenvalue weighted by Crippen LogP contribution is -2.68. The van der Waals surface area contributed by atoms with Crippen LogP contribution in [-0.4, -0.2) is 43.8 Å². The maximum Gasteiger partial charge on any atom is 0.217 e. The SMILES string of the molecule is O=S(=O)(C1CC1)N1CC2(CCOCC2)C1C1CC1. The fourth-order valence-electron chi connectivity index (χ4n) is 3.88. The van der Waals surface area contributed by atoms with Crippen LogP contribution in [0.1, 0.15) is 38.5 Å². The van der Waals surface area contributed by atoms with Crippen molar-refractivity contribution >= 4 is 10.0 Å². The van der Waals surface area contributed by atoms with E-state index in [-0.39, 0.29) is 10.7 Å². The number of sulfonamides is 1. The zero-order valence-corrected chi connectivity index (χ0v) is 11.5. The summed E-state index contributed by atoms with van der Waals surface area (Å²) in [6.07, 6.45) is 6.34. The molecule has 2 saturated carbocycles. The fraction of sp³-hybridized carbons (Fsp3) is 1.00. The van der Waals surface area contributed by atoms with Crippen LogP contribution in [0.25, 0.3) is 0 Å². The van der Waals surface area contributed by atoms with E-state index in [1.165, 1.54) is 12.8 Å². The predicted octanol–water partition coefficient (Wildman–Crippen LogP) is 1.37. The van der Waals surface area contributed by atoms with Crippen LogP contribution in [0.5, 0.6) is 0 Å². The lowest BCUT2D eigenvalue weighted by molar-refractivity contribution is -0.101. The summed E-state index contributed by atoms with van der Waals surface area (Å²) in [6, 6.07) is 0.312. The Labute approximate surface area is 109 Å². The molecule has 0 N–H and O–H groups in total. The standard InChI is InChI=1S/C13H21NO3S/c15-18(16,11-3-4-11)14-9-13(5-7-17-8-6-13)12(14)10-1-2-10/h10-12H,1-9H2. The summed E-state index contributed by atoms with van der Waals surface area (Å²) in [5.41, 5.74) is 0.265. The molecule has 1 unspecified atom stereocenters. The zero-order valence-electron chi connectivity index (χ0n) is 10.7. The minimum atomic E-state index is -2.97. The molecule has 4 aliphatic rings. The monoisotopic (exact) mass is 271 g/mol. The Bertz CT molecular complexity index is 447. The molecule has 0 amide bonds. The molecule has 2 aliphatic heterocycles. The highest BCUT2D eigenvalue weighted by Gasteiger charge is 2.63. The molecule has 1 spiro atoms. The van der Waals surface area contributed by atoms with Crippen molar-refractivity contribution in [3.8, 4) is 0 Å². The molecule has 0 aromatic carbocycles. The fourth-order valence-corrected chi connectivity index (χ4v) is 6.14. The van der Waals surface area contributed by atoms with Gasteiger partial charge < -0.3 is 4.74 Å². The van der Waals surface area contributed by atoms with E-state index in [1.54, 1.807) is 0 Å². The largest absolute Gasteiger partial charge is 0.381 e. The smallest absolute Gasteiger partial charge is 0.217 e. The second kappa shape index (κ2) is 3.70. The maximum atomic E-state index is 12.4. The van der Waals surface area contributed by atoms with Crippen molar-refractivity contribution in [2.24, 2.45) is 11.3 Å². The van der Waals surface area contributed by atoms with Crippen LogP contribution in [0.2, 0.25) is 0 Å². The Morgan fingerprint density at radius 2 is 1.72 bits per heavy atom. The number of rotatable bonds is 3. The van der Waals surface area contributed by atoms with E-state index in [1.807, 2.05) is 4.31 Å². The quantitative estimate of drug-likeness (QED) is 0.779. The van der Waals surface area contributed by atoms with Gasteiger partial charge in [-0.05, 0) is 44.4 Å². The number of hydrogen-bond donors (Lipinski definition) is 0. The molecule has 2 saturated heterocycles. The van der Waals surface area contributed by atoms with Crippen molar-refractivity contribution in [3.05, 3.63) is 0 Å². The highest BCUT2D eigenvalue weighted by Crippen LogP contribution is 2.57. The summed E-state index contributed by atoms with van der Waals surface area (Å²) in [5.74, 6) is 0.644. The molecule has 102 valence electrons. The van der Waals surface area contributed by atoms with Gasteiger partial charge in [0.1, 0.15) is 0 Å². The van der Waals surface area contributed by atoms with Crippen molar-refractivity contribution in [3.63, 3.8) is 0 Å². The van der Waals surface area contributed by atoms with E-state index in [2.05, 4.69) is 0 Å². The molecule has 2 aliphatic carbocycles. The van der Waals surface area contributed by atoms with E-state index in [4.69, 9.17) is 4.74 Å². The van der Waals surface area contributed by atoms with Crippen LogP contribution >= 0.6 is 0 Å². The molecule has 4 rings (SSSR count). The third-order valence-electron chi connectivity index (χ3n) is 5.24. The lowest BCUT2D eigenvalue weighted by atomic mass is 9.66. The van der Waals surface area contributed by atoms with Crippen LogP contribution in [0.15, 0.2) is 0 Å². The molecule has 0 aromatic rings. The summed E-state index contributed by atoms with van der Waals surface area (Å²) < 4.78 is 32.2. The Kier molecular flexibility index (Phi) is 2.40. The Balaban J connectivity index is 1.59. The first-order valence-electron chi connectivity index (χ1n) is 7.22. The minimum Gasteiger partial charge on any atom is -0.381 e. The summed E-state index contributed by atoms with van der Waals surface area (Å²) in [6.45, 7) is 2.41. The Morgan fingerprint density at radius 1 is 1.06 bits per heavy atom. The molecule has 18 heavy (non-hydrogen) atoms. The second-order valence-corrected chi connectivity index (χ2v) is 8.71. The van der Waals surface area contributed by atoms with Crippen molar-refractivity contribution in [1.82, 2.24) is 4.31 Å². The van der Waals surface area contributed by atoms with Gasteiger partial charge in [-0.2, -0.15) is 4.31 Å². The zero-order chi connectivity index (χ0) is 12.4. The number of ether oxygens (including phenoxy) is 1. The molecule has 1 atom stereocenters.